The van der Waals surface area contributed by atoms with Crippen LogP contribution in [0.3, 0.4) is 0 Å². The van der Waals surface area contributed by atoms with Crippen LogP contribution in [0.1, 0.15) is 30.6 Å². The summed E-state index contributed by atoms with van der Waals surface area (Å²) in [6.07, 6.45) is 0.952. The number of benzene rings is 1. The van der Waals surface area contributed by atoms with Crippen molar-refractivity contribution in [2.45, 2.75) is 20.3 Å². The number of anilines is 1. The summed E-state index contributed by atoms with van der Waals surface area (Å²) in [6, 6.07) is 4.18. The van der Waals surface area contributed by atoms with Crippen LogP contribution in [0.2, 0.25) is 0 Å². The Morgan fingerprint density at radius 3 is 2.61 bits per heavy atom. The molecule has 0 aliphatic rings. The normalized spacial score (nSPS) is 10.1. The molecule has 0 unspecified atom stereocenters. The second-order valence-corrected chi connectivity index (χ2v) is 5.66. The molecule has 0 aromatic heterocycles. The maximum absolute atomic E-state index is 12.0. The smallest absolute Gasteiger partial charge is 0.293 e. The Labute approximate surface area is 140 Å². The number of thiocarbonyl (C=S) groups is 1. The highest BCUT2D eigenvalue weighted by molar-refractivity contribution is 7.80. The van der Waals surface area contributed by atoms with Crippen LogP contribution >= 0.6 is 12.2 Å². The fourth-order valence-electron chi connectivity index (χ4n) is 1.74. The van der Waals surface area contributed by atoms with Crippen molar-refractivity contribution in [3.63, 3.8) is 0 Å². The molecule has 8 nitrogen and oxygen atoms in total. The average molecular weight is 339 g/mol. The Morgan fingerprint density at radius 2 is 2.04 bits per heavy atom. The standard InChI is InChI=1S/C14H21N5O3S/c1-9(2)6-7-16-14(23)18-17-13(20)10-4-5-11(15-3)12(8-10)19(21)22/h4-5,8-9,15H,6-7H2,1-3H3,(H,17,20)(H2,16,18,23). The fourth-order valence-corrected chi connectivity index (χ4v) is 1.89. The van der Waals surface area contributed by atoms with Gasteiger partial charge in [-0.2, -0.15) is 0 Å². The van der Waals surface area contributed by atoms with E-state index in [-0.39, 0.29) is 11.3 Å². The van der Waals surface area contributed by atoms with Gasteiger partial charge in [-0.3, -0.25) is 25.8 Å². The van der Waals surface area contributed by atoms with Crippen LogP contribution in [-0.2, 0) is 0 Å². The van der Waals surface area contributed by atoms with E-state index in [0.717, 1.165) is 6.42 Å². The number of hydrazine groups is 1. The zero-order valence-corrected chi connectivity index (χ0v) is 14.1. The maximum atomic E-state index is 12.0. The van der Waals surface area contributed by atoms with E-state index in [2.05, 4.69) is 35.3 Å². The topological polar surface area (TPSA) is 108 Å². The Bertz CT molecular complexity index is 592. The fraction of sp³-hybridized carbons (Fsp3) is 0.429. The van der Waals surface area contributed by atoms with Crippen molar-refractivity contribution in [2.75, 3.05) is 18.9 Å². The van der Waals surface area contributed by atoms with Gasteiger partial charge < -0.3 is 10.6 Å². The predicted molar refractivity (Wildman–Crippen MR) is 93.3 cm³/mol. The Balaban J connectivity index is 2.60. The third-order valence-corrected chi connectivity index (χ3v) is 3.27. The molecular formula is C14H21N5O3S. The summed E-state index contributed by atoms with van der Waals surface area (Å²) in [5.74, 6) is 0.0369. The van der Waals surface area contributed by atoms with Crippen molar-refractivity contribution in [1.82, 2.24) is 16.2 Å². The maximum Gasteiger partial charge on any atom is 0.293 e. The molecule has 23 heavy (non-hydrogen) atoms. The van der Waals surface area contributed by atoms with E-state index in [1.54, 1.807) is 7.05 Å². The van der Waals surface area contributed by atoms with Crippen LogP contribution in [0.4, 0.5) is 11.4 Å². The molecule has 4 N–H and O–H groups in total. The van der Waals surface area contributed by atoms with Crippen molar-refractivity contribution in [3.05, 3.63) is 33.9 Å². The third kappa shape index (κ3) is 6.07. The summed E-state index contributed by atoms with van der Waals surface area (Å²) in [5.41, 5.74) is 5.30. The van der Waals surface area contributed by atoms with Gasteiger partial charge in [-0.05, 0) is 36.7 Å². The van der Waals surface area contributed by atoms with E-state index in [1.165, 1.54) is 18.2 Å². The number of carbonyl (C=O) groups is 1. The van der Waals surface area contributed by atoms with Gasteiger partial charge in [-0.15, -0.1) is 0 Å². The van der Waals surface area contributed by atoms with Gasteiger partial charge in [0.25, 0.3) is 11.6 Å². The number of rotatable bonds is 6. The lowest BCUT2D eigenvalue weighted by molar-refractivity contribution is -0.384. The van der Waals surface area contributed by atoms with Crippen LogP contribution in [-0.4, -0.2) is 29.5 Å². The molecule has 9 heteroatoms. The van der Waals surface area contributed by atoms with E-state index in [1.807, 2.05) is 0 Å². The molecule has 0 spiro atoms. The number of nitro benzene ring substituents is 1. The zero-order valence-electron chi connectivity index (χ0n) is 13.3. The summed E-state index contributed by atoms with van der Waals surface area (Å²) >= 11 is 5.03. The SMILES string of the molecule is CNc1ccc(C(=O)NNC(=S)NCCC(C)C)cc1[N+](=O)[O-]. The van der Waals surface area contributed by atoms with Crippen molar-refractivity contribution in [2.24, 2.45) is 5.92 Å². The number of nitrogens with zero attached hydrogens (tertiary/aromatic N) is 1. The summed E-state index contributed by atoms with van der Waals surface area (Å²) in [6.45, 7) is 4.89. The minimum atomic E-state index is -0.547. The van der Waals surface area contributed by atoms with Gasteiger partial charge in [0.2, 0.25) is 0 Å². The van der Waals surface area contributed by atoms with E-state index in [9.17, 15) is 14.9 Å². The molecule has 0 bridgehead atoms. The molecule has 1 rings (SSSR count). The molecule has 126 valence electrons. The first-order valence-electron chi connectivity index (χ1n) is 7.15. The molecule has 0 saturated heterocycles. The van der Waals surface area contributed by atoms with Crippen molar-refractivity contribution >= 4 is 34.6 Å². The first kappa shape index (κ1) is 18.6. The molecule has 0 heterocycles. The van der Waals surface area contributed by atoms with Gasteiger partial charge in [-0.1, -0.05) is 13.8 Å². The first-order valence-corrected chi connectivity index (χ1v) is 7.56. The molecule has 0 saturated carbocycles. The van der Waals surface area contributed by atoms with Gasteiger partial charge in [0.1, 0.15) is 5.69 Å². The monoisotopic (exact) mass is 339 g/mol. The van der Waals surface area contributed by atoms with Gasteiger partial charge in [0.05, 0.1) is 4.92 Å². The zero-order chi connectivity index (χ0) is 17.4. The molecule has 0 atom stereocenters. The molecule has 0 fully saturated rings. The number of carbonyl (C=O) groups excluding carboxylic acids is 1. The number of hydrogen-bond acceptors (Lipinski definition) is 5. The Kier molecular flexibility index (Phi) is 7.20. The minimum absolute atomic E-state index is 0.160. The van der Waals surface area contributed by atoms with Crippen LogP contribution < -0.4 is 21.5 Å². The van der Waals surface area contributed by atoms with Gasteiger partial charge in [0, 0.05) is 25.2 Å². The molecule has 1 aromatic carbocycles. The highest BCUT2D eigenvalue weighted by Gasteiger charge is 2.16. The van der Waals surface area contributed by atoms with Crippen molar-refractivity contribution in [1.29, 1.82) is 0 Å². The first-order chi connectivity index (χ1) is 10.8. The average Bonchev–Trinajstić information content (AvgIpc) is 2.51. The van der Waals surface area contributed by atoms with E-state index in [0.29, 0.717) is 23.3 Å². The van der Waals surface area contributed by atoms with Crippen LogP contribution in [0, 0.1) is 16.0 Å². The largest absolute Gasteiger partial charge is 0.383 e. The lowest BCUT2D eigenvalue weighted by atomic mass is 10.1. The Morgan fingerprint density at radius 1 is 1.35 bits per heavy atom. The molecule has 0 aliphatic carbocycles. The number of hydrogen-bond donors (Lipinski definition) is 4. The minimum Gasteiger partial charge on any atom is -0.383 e. The quantitative estimate of drug-likeness (QED) is 0.355. The molecular weight excluding hydrogens is 318 g/mol. The Hall–Kier alpha value is -2.42. The summed E-state index contributed by atoms with van der Waals surface area (Å²) in [5, 5.41) is 16.9. The lowest BCUT2D eigenvalue weighted by Crippen LogP contribution is -2.47. The number of nitro groups is 1. The second kappa shape index (κ2) is 8.89. The van der Waals surface area contributed by atoms with Crippen molar-refractivity contribution < 1.29 is 9.72 Å². The number of amides is 1. The predicted octanol–water partition coefficient (Wildman–Crippen LogP) is 1.79. The highest BCUT2D eigenvalue weighted by Crippen LogP contribution is 2.24. The van der Waals surface area contributed by atoms with Crippen molar-refractivity contribution in [3.8, 4) is 0 Å². The van der Waals surface area contributed by atoms with Crippen LogP contribution in [0.5, 0.6) is 0 Å². The molecule has 1 aromatic rings. The summed E-state index contributed by atoms with van der Waals surface area (Å²) < 4.78 is 0. The molecule has 1 amide bonds. The summed E-state index contributed by atoms with van der Waals surface area (Å²) in [4.78, 5) is 22.4. The second-order valence-electron chi connectivity index (χ2n) is 5.26. The van der Waals surface area contributed by atoms with Gasteiger partial charge in [0.15, 0.2) is 5.11 Å². The molecule has 0 aliphatic heterocycles. The van der Waals surface area contributed by atoms with Crippen LogP contribution in [0.15, 0.2) is 18.2 Å². The van der Waals surface area contributed by atoms with E-state index in [4.69, 9.17) is 12.2 Å². The van der Waals surface area contributed by atoms with E-state index < -0.39 is 10.8 Å². The van der Waals surface area contributed by atoms with Gasteiger partial charge in [-0.25, -0.2) is 0 Å². The van der Waals surface area contributed by atoms with E-state index >= 15 is 0 Å². The summed E-state index contributed by atoms with van der Waals surface area (Å²) in [7, 11) is 1.57. The lowest BCUT2D eigenvalue weighted by Gasteiger charge is -2.12. The van der Waals surface area contributed by atoms with Crippen LogP contribution in [0.25, 0.3) is 0 Å². The number of nitrogens with one attached hydrogen (secondary N) is 4. The van der Waals surface area contributed by atoms with Gasteiger partial charge >= 0.3 is 0 Å². The third-order valence-electron chi connectivity index (χ3n) is 3.02. The molecule has 0 radical (unpaired) electrons. The highest BCUT2D eigenvalue weighted by atomic mass is 32.1.